The van der Waals surface area contributed by atoms with Gasteiger partial charge in [0.25, 0.3) is 0 Å². The van der Waals surface area contributed by atoms with Gasteiger partial charge in [-0.1, -0.05) is 59.6 Å². The second-order valence-corrected chi connectivity index (χ2v) is 11.0. The van der Waals surface area contributed by atoms with E-state index in [1.165, 1.54) is 24.9 Å². The zero-order chi connectivity index (χ0) is 20.5. The predicted octanol–water partition coefficient (Wildman–Crippen LogP) is 2.47. The van der Waals surface area contributed by atoms with E-state index in [1.54, 1.807) is 10.4 Å². The van der Waals surface area contributed by atoms with Gasteiger partial charge in [-0.2, -0.15) is 0 Å². The molecule has 4 nitrogen and oxygen atoms in total. The van der Waals surface area contributed by atoms with Crippen LogP contribution in [0.2, 0.25) is 12.1 Å². The van der Waals surface area contributed by atoms with Crippen molar-refractivity contribution in [3.05, 3.63) is 24.3 Å². The van der Waals surface area contributed by atoms with Gasteiger partial charge < -0.3 is 18.9 Å². The highest BCUT2D eigenvalue weighted by molar-refractivity contribution is 6.55. The summed E-state index contributed by atoms with van der Waals surface area (Å²) in [4.78, 5) is 0. The zero-order valence-electron chi connectivity index (χ0n) is 18.6. The summed E-state index contributed by atoms with van der Waals surface area (Å²) in [6, 6.07) is 12.1. The quantitative estimate of drug-likeness (QED) is 0.205. The van der Waals surface area contributed by atoms with Gasteiger partial charge in [-0.05, 0) is 40.5 Å². The van der Waals surface area contributed by atoms with Crippen LogP contribution in [0.15, 0.2) is 24.3 Å². The topological polar surface area (TPSA) is 36.9 Å². The smallest absolute Gasteiger partial charge is 0.157 e. The molecule has 0 heterocycles. The van der Waals surface area contributed by atoms with Crippen molar-refractivity contribution in [1.29, 1.82) is 0 Å². The molecule has 28 heavy (non-hydrogen) atoms. The van der Waals surface area contributed by atoms with Crippen LogP contribution < -0.4 is 10.4 Å². The predicted molar refractivity (Wildman–Crippen MR) is 125 cm³/mol. The van der Waals surface area contributed by atoms with E-state index < -0.39 is 0 Å². The third kappa shape index (κ3) is 12.1. The van der Waals surface area contributed by atoms with Crippen LogP contribution in [0.1, 0.15) is 53.4 Å². The first-order chi connectivity index (χ1) is 13.7. The highest BCUT2D eigenvalue weighted by Gasteiger charge is 2.08. The van der Waals surface area contributed by atoms with Crippen LogP contribution in [0.4, 0.5) is 0 Å². The molecule has 0 aliphatic heterocycles. The van der Waals surface area contributed by atoms with Crippen molar-refractivity contribution in [2.75, 3.05) is 26.4 Å². The molecule has 0 aliphatic carbocycles. The van der Waals surface area contributed by atoms with Gasteiger partial charge in [-0.15, -0.1) is 0 Å². The van der Waals surface area contributed by atoms with Gasteiger partial charge in [0.05, 0.1) is 19.0 Å². The van der Waals surface area contributed by atoms with Crippen LogP contribution in [-0.2, 0) is 18.9 Å². The van der Waals surface area contributed by atoms with E-state index in [2.05, 4.69) is 24.3 Å². The fourth-order valence-corrected chi connectivity index (χ4v) is 6.36. The van der Waals surface area contributed by atoms with Crippen molar-refractivity contribution in [1.82, 2.24) is 0 Å². The van der Waals surface area contributed by atoms with Crippen LogP contribution in [0.5, 0.6) is 0 Å². The number of ether oxygens (including phenoxy) is 4. The molecule has 0 saturated heterocycles. The molecule has 0 aromatic heterocycles. The van der Waals surface area contributed by atoms with Crippen LogP contribution in [-0.4, -0.2) is 58.0 Å². The fourth-order valence-electron chi connectivity index (χ4n) is 3.33. The van der Waals surface area contributed by atoms with Crippen molar-refractivity contribution < 1.29 is 18.9 Å². The molecule has 1 aromatic rings. The third-order valence-corrected chi connectivity index (χ3v) is 8.55. The maximum Gasteiger partial charge on any atom is 0.157 e. The minimum absolute atomic E-state index is 0.0116. The Labute approximate surface area is 177 Å². The minimum Gasteiger partial charge on any atom is -0.353 e. The van der Waals surface area contributed by atoms with Crippen molar-refractivity contribution in [3.8, 4) is 0 Å². The summed E-state index contributed by atoms with van der Waals surface area (Å²) in [5, 5.41) is 3.16. The highest BCUT2D eigenvalue weighted by atomic mass is 28.2. The highest BCUT2D eigenvalue weighted by Crippen LogP contribution is 2.08. The lowest BCUT2D eigenvalue weighted by Crippen LogP contribution is -2.21. The second-order valence-electron chi connectivity index (χ2n) is 6.99. The van der Waals surface area contributed by atoms with Gasteiger partial charge in [0, 0.05) is 26.4 Å². The first-order valence-electron chi connectivity index (χ1n) is 11.3. The Morgan fingerprint density at radius 1 is 0.607 bits per heavy atom. The minimum atomic E-state index is -0.173. The molecule has 0 radical (unpaired) electrons. The van der Waals surface area contributed by atoms with Gasteiger partial charge >= 0.3 is 0 Å². The van der Waals surface area contributed by atoms with Crippen LogP contribution in [0, 0.1) is 0 Å². The molecular formula is C22H42O4Si2. The van der Waals surface area contributed by atoms with Crippen LogP contribution in [0.3, 0.4) is 0 Å². The maximum absolute atomic E-state index is 5.62. The first-order valence-corrected chi connectivity index (χ1v) is 14.7. The van der Waals surface area contributed by atoms with Crippen molar-refractivity contribution in [2.24, 2.45) is 0 Å². The van der Waals surface area contributed by atoms with Crippen molar-refractivity contribution >= 4 is 29.4 Å². The fraction of sp³-hybridized carbons (Fsp3) is 0.727. The van der Waals surface area contributed by atoms with E-state index in [1.807, 2.05) is 27.7 Å². The standard InChI is InChI=1S/C22H42O4Si2/c1-5-23-21(24-6-2)11-9-17-27-19-13-15-20(16-14-19)28-18-10-12-22(25-7-3)26-8-4/h13-16,21-22H,5-12,17-18,27-28H2,1-4H3. The Morgan fingerprint density at radius 2 is 0.929 bits per heavy atom. The SMILES string of the molecule is CCOC(CCC[SiH2]c1ccc([SiH2]CCCC(OCC)OCC)cc1)OCC. The Morgan fingerprint density at radius 3 is 1.21 bits per heavy atom. The summed E-state index contributed by atoms with van der Waals surface area (Å²) >= 11 is 0. The number of hydrogen-bond acceptors (Lipinski definition) is 4. The summed E-state index contributed by atoms with van der Waals surface area (Å²) in [6.45, 7) is 11.0. The van der Waals surface area contributed by atoms with E-state index in [-0.39, 0.29) is 31.6 Å². The third-order valence-electron chi connectivity index (χ3n) is 4.74. The van der Waals surface area contributed by atoms with Crippen LogP contribution in [0.25, 0.3) is 0 Å². The largest absolute Gasteiger partial charge is 0.353 e. The molecule has 0 bridgehead atoms. The summed E-state index contributed by atoms with van der Waals surface area (Å²) < 4.78 is 22.5. The van der Waals surface area contributed by atoms with Gasteiger partial charge in [0.15, 0.2) is 12.6 Å². The molecule has 0 aliphatic rings. The Bertz CT molecular complexity index is 415. The molecule has 0 amide bonds. The zero-order valence-corrected chi connectivity index (χ0v) is 21.4. The van der Waals surface area contributed by atoms with Crippen molar-refractivity contribution in [2.45, 2.75) is 78.0 Å². The van der Waals surface area contributed by atoms with Gasteiger partial charge in [-0.3, -0.25) is 0 Å². The summed E-state index contributed by atoms with van der Waals surface area (Å²) in [5.41, 5.74) is 0. The average molecular weight is 427 g/mol. The van der Waals surface area contributed by atoms with Gasteiger partial charge in [0.2, 0.25) is 0 Å². The Kier molecular flexibility index (Phi) is 15.8. The molecule has 0 N–H and O–H groups in total. The van der Waals surface area contributed by atoms with Gasteiger partial charge in [0.1, 0.15) is 0 Å². The molecule has 6 heteroatoms. The van der Waals surface area contributed by atoms with E-state index in [0.29, 0.717) is 0 Å². The molecule has 0 atom stereocenters. The molecule has 1 aromatic carbocycles. The number of hydrogen-bond donors (Lipinski definition) is 0. The molecular weight excluding hydrogens is 384 g/mol. The maximum atomic E-state index is 5.62. The Balaban J connectivity index is 2.21. The average Bonchev–Trinajstić information content (AvgIpc) is 2.70. The number of benzene rings is 1. The molecule has 0 unspecified atom stereocenters. The molecule has 162 valence electrons. The van der Waals surface area contributed by atoms with Gasteiger partial charge in [-0.25, -0.2) is 0 Å². The van der Waals surface area contributed by atoms with E-state index >= 15 is 0 Å². The lowest BCUT2D eigenvalue weighted by molar-refractivity contribution is -0.139. The molecule has 0 fully saturated rings. The van der Waals surface area contributed by atoms with Crippen LogP contribution >= 0.6 is 0 Å². The Hall–Kier alpha value is -0.506. The first kappa shape index (κ1) is 25.5. The summed E-state index contributed by atoms with van der Waals surface area (Å²) in [5.74, 6) is 0. The lowest BCUT2D eigenvalue weighted by atomic mass is 10.3. The molecule has 0 spiro atoms. The van der Waals surface area contributed by atoms with E-state index in [0.717, 1.165) is 39.3 Å². The summed E-state index contributed by atoms with van der Waals surface area (Å²) in [6.07, 6.45) is 4.42. The monoisotopic (exact) mass is 426 g/mol. The van der Waals surface area contributed by atoms with E-state index in [4.69, 9.17) is 18.9 Å². The van der Waals surface area contributed by atoms with E-state index in [9.17, 15) is 0 Å². The molecule has 0 saturated carbocycles. The van der Waals surface area contributed by atoms with Crippen molar-refractivity contribution in [3.63, 3.8) is 0 Å². The number of rotatable bonds is 18. The molecule has 1 rings (SSSR count). The summed E-state index contributed by atoms with van der Waals surface area (Å²) in [7, 11) is -0.347. The lowest BCUT2D eigenvalue weighted by Gasteiger charge is -2.16. The normalized spacial score (nSPS) is 12.5. The second kappa shape index (κ2) is 17.4.